The van der Waals surface area contributed by atoms with Crippen LogP contribution in [0.25, 0.3) is 11.0 Å². The van der Waals surface area contributed by atoms with Gasteiger partial charge >= 0.3 is 0 Å². The van der Waals surface area contributed by atoms with Crippen molar-refractivity contribution in [3.05, 3.63) is 18.0 Å². The van der Waals surface area contributed by atoms with Gasteiger partial charge in [-0.1, -0.05) is 15.9 Å². The maximum atomic E-state index is 11.4. The number of pyridine rings is 1. The number of hydrogen-bond acceptors (Lipinski definition) is 4. The standard InChI is InChI=1S/C9H11BrN4O2S/c1-6-8-3-7(13-17(15,16)5-10)4-11-9(8)14(2)12-6/h3-4,13H,5H2,1-2H3. The highest BCUT2D eigenvalue weighted by Gasteiger charge is 2.11. The van der Waals surface area contributed by atoms with Gasteiger partial charge in [0.25, 0.3) is 0 Å². The number of hydrogen-bond donors (Lipinski definition) is 1. The number of halogens is 1. The first-order valence-electron chi connectivity index (χ1n) is 4.79. The molecule has 0 aromatic carbocycles. The van der Waals surface area contributed by atoms with E-state index in [4.69, 9.17) is 0 Å². The largest absolute Gasteiger partial charge is 0.281 e. The number of aromatic nitrogens is 3. The van der Waals surface area contributed by atoms with Crippen LogP contribution in [0, 0.1) is 6.92 Å². The fourth-order valence-electron chi connectivity index (χ4n) is 1.57. The fourth-order valence-corrected chi connectivity index (χ4v) is 2.44. The summed E-state index contributed by atoms with van der Waals surface area (Å²) < 4.78 is 26.7. The Bertz CT molecular complexity index is 665. The Morgan fingerprint density at radius 1 is 1.53 bits per heavy atom. The van der Waals surface area contributed by atoms with E-state index in [1.54, 1.807) is 17.8 Å². The minimum atomic E-state index is -3.35. The van der Waals surface area contributed by atoms with Gasteiger partial charge in [-0.15, -0.1) is 0 Å². The summed E-state index contributed by atoms with van der Waals surface area (Å²) in [6, 6.07) is 1.73. The summed E-state index contributed by atoms with van der Waals surface area (Å²) in [4.78, 5) is 4.18. The monoisotopic (exact) mass is 318 g/mol. The molecule has 8 heteroatoms. The first-order chi connectivity index (χ1) is 7.93. The average Bonchev–Trinajstić information content (AvgIpc) is 2.54. The highest BCUT2D eigenvalue weighted by atomic mass is 79.9. The van der Waals surface area contributed by atoms with Crippen molar-refractivity contribution in [1.29, 1.82) is 0 Å². The maximum absolute atomic E-state index is 11.4. The fraction of sp³-hybridized carbons (Fsp3) is 0.333. The highest BCUT2D eigenvalue weighted by molar-refractivity contribution is 9.10. The van der Waals surface area contributed by atoms with Crippen LogP contribution < -0.4 is 4.72 Å². The number of anilines is 1. The van der Waals surface area contributed by atoms with Gasteiger partial charge in [-0.2, -0.15) is 5.10 Å². The summed E-state index contributed by atoms with van der Waals surface area (Å²) in [5.41, 5.74) is 1.98. The highest BCUT2D eigenvalue weighted by Crippen LogP contribution is 2.20. The van der Waals surface area contributed by atoms with Crippen molar-refractivity contribution in [2.45, 2.75) is 6.92 Å². The molecule has 0 aliphatic heterocycles. The molecule has 0 spiro atoms. The lowest BCUT2D eigenvalue weighted by atomic mass is 10.3. The third-order valence-corrected chi connectivity index (χ3v) is 4.92. The van der Waals surface area contributed by atoms with Crippen LogP contribution in [0.1, 0.15) is 5.69 Å². The molecule has 0 unspecified atom stereocenters. The summed E-state index contributed by atoms with van der Waals surface area (Å²) in [6.07, 6.45) is 1.48. The van der Waals surface area contributed by atoms with Gasteiger partial charge in [0.15, 0.2) is 5.65 Å². The molecule has 0 aliphatic carbocycles. The average molecular weight is 319 g/mol. The number of aryl methyl sites for hydroxylation is 2. The molecule has 1 N–H and O–H groups in total. The van der Waals surface area contributed by atoms with E-state index < -0.39 is 10.0 Å². The molecular weight excluding hydrogens is 308 g/mol. The van der Waals surface area contributed by atoms with E-state index in [1.807, 2.05) is 6.92 Å². The van der Waals surface area contributed by atoms with Crippen molar-refractivity contribution in [3.8, 4) is 0 Å². The summed E-state index contributed by atoms with van der Waals surface area (Å²) in [5.74, 6) is 0. The molecule has 0 saturated heterocycles. The van der Waals surface area contributed by atoms with Crippen LogP contribution in [0.15, 0.2) is 12.3 Å². The zero-order valence-corrected chi connectivity index (χ0v) is 11.7. The molecule has 0 amide bonds. The second-order valence-electron chi connectivity index (χ2n) is 3.63. The topological polar surface area (TPSA) is 76.9 Å². The lowest BCUT2D eigenvalue weighted by Crippen LogP contribution is -2.13. The molecule has 0 saturated carbocycles. The number of fused-ring (bicyclic) bond motifs is 1. The van der Waals surface area contributed by atoms with E-state index in [1.165, 1.54) is 6.20 Å². The van der Waals surface area contributed by atoms with Crippen LogP contribution in [0.3, 0.4) is 0 Å². The Morgan fingerprint density at radius 3 is 2.88 bits per heavy atom. The normalized spacial score (nSPS) is 11.9. The minimum Gasteiger partial charge on any atom is -0.281 e. The van der Waals surface area contributed by atoms with Crippen molar-refractivity contribution in [3.63, 3.8) is 0 Å². The number of nitrogens with zero attached hydrogens (tertiary/aromatic N) is 3. The lowest BCUT2D eigenvalue weighted by Gasteiger charge is -2.04. The van der Waals surface area contributed by atoms with E-state index in [0.29, 0.717) is 5.69 Å². The number of alkyl halides is 1. The van der Waals surface area contributed by atoms with Gasteiger partial charge in [-0.3, -0.25) is 9.40 Å². The van der Waals surface area contributed by atoms with Crippen molar-refractivity contribution in [1.82, 2.24) is 14.8 Å². The molecule has 0 fully saturated rings. The Morgan fingerprint density at radius 2 is 2.24 bits per heavy atom. The first-order valence-corrected chi connectivity index (χ1v) is 7.56. The zero-order valence-electron chi connectivity index (χ0n) is 9.31. The Balaban J connectivity index is 2.48. The first kappa shape index (κ1) is 12.3. The Kier molecular flexibility index (Phi) is 3.09. The predicted octanol–water partition coefficient (Wildman–Crippen LogP) is 1.37. The molecule has 2 rings (SSSR count). The van der Waals surface area contributed by atoms with Crippen LogP contribution in [-0.2, 0) is 17.1 Å². The second-order valence-corrected chi connectivity index (χ2v) is 6.66. The molecule has 0 radical (unpaired) electrons. The summed E-state index contributed by atoms with van der Waals surface area (Å²) >= 11 is 2.91. The molecule has 92 valence electrons. The van der Waals surface area contributed by atoms with Crippen molar-refractivity contribution < 1.29 is 8.42 Å². The number of rotatable bonds is 3. The van der Waals surface area contributed by atoms with Crippen LogP contribution >= 0.6 is 15.9 Å². The van der Waals surface area contributed by atoms with Gasteiger partial charge in [-0.05, 0) is 13.0 Å². The molecule has 17 heavy (non-hydrogen) atoms. The SMILES string of the molecule is Cc1nn(C)c2ncc(NS(=O)(=O)CBr)cc12. The Hall–Kier alpha value is -1.15. The zero-order chi connectivity index (χ0) is 12.6. The van der Waals surface area contributed by atoms with E-state index in [0.717, 1.165) is 16.7 Å². The van der Waals surface area contributed by atoms with E-state index in [9.17, 15) is 8.42 Å². The van der Waals surface area contributed by atoms with Crippen molar-refractivity contribution >= 4 is 42.7 Å². The summed E-state index contributed by atoms with van der Waals surface area (Å²) in [7, 11) is -1.55. The van der Waals surface area contributed by atoms with Gasteiger partial charge in [0.1, 0.15) is 4.66 Å². The second kappa shape index (κ2) is 4.26. The maximum Gasteiger partial charge on any atom is 0.242 e. The number of sulfonamides is 1. The molecule has 0 aliphatic rings. The molecule has 2 heterocycles. The molecule has 2 aromatic rings. The van der Waals surface area contributed by atoms with Gasteiger partial charge < -0.3 is 0 Å². The summed E-state index contributed by atoms with van der Waals surface area (Å²) in [6.45, 7) is 1.85. The smallest absolute Gasteiger partial charge is 0.242 e. The van der Waals surface area contributed by atoms with Gasteiger partial charge in [0.05, 0.1) is 17.6 Å². The van der Waals surface area contributed by atoms with E-state index in [2.05, 4.69) is 30.7 Å². The molecular formula is C9H11BrN4O2S. The molecule has 6 nitrogen and oxygen atoms in total. The van der Waals surface area contributed by atoms with Gasteiger partial charge in [0.2, 0.25) is 10.0 Å². The third kappa shape index (κ3) is 2.42. The lowest BCUT2D eigenvalue weighted by molar-refractivity contribution is 0.606. The van der Waals surface area contributed by atoms with Gasteiger partial charge in [0, 0.05) is 12.4 Å². The van der Waals surface area contributed by atoms with Crippen molar-refractivity contribution in [2.75, 3.05) is 9.38 Å². The van der Waals surface area contributed by atoms with E-state index >= 15 is 0 Å². The summed E-state index contributed by atoms with van der Waals surface area (Å²) in [5, 5.41) is 5.05. The van der Waals surface area contributed by atoms with Crippen LogP contribution in [-0.4, -0.2) is 27.8 Å². The number of nitrogens with one attached hydrogen (secondary N) is 1. The van der Waals surface area contributed by atoms with E-state index in [-0.39, 0.29) is 4.66 Å². The predicted molar refractivity (Wildman–Crippen MR) is 69.6 cm³/mol. The molecule has 2 aromatic heterocycles. The quantitative estimate of drug-likeness (QED) is 0.867. The third-order valence-electron chi connectivity index (χ3n) is 2.28. The van der Waals surface area contributed by atoms with Crippen LogP contribution in [0.5, 0.6) is 0 Å². The minimum absolute atomic E-state index is 0.149. The van der Waals surface area contributed by atoms with Crippen LogP contribution in [0.2, 0.25) is 0 Å². The van der Waals surface area contributed by atoms with Crippen molar-refractivity contribution in [2.24, 2.45) is 7.05 Å². The Labute approximate surface area is 107 Å². The molecule has 0 atom stereocenters. The van der Waals surface area contributed by atoms with Crippen LogP contribution in [0.4, 0.5) is 5.69 Å². The molecule has 0 bridgehead atoms. The van der Waals surface area contributed by atoms with Gasteiger partial charge in [-0.25, -0.2) is 13.4 Å².